The van der Waals surface area contributed by atoms with Crippen LogP contribution in [-0.4, -0.2) is 20.0 Å². The van der Waals surface area contributed by atoms with E-state index in [-0.39, 0.29) is 5.56 Å². The Bertz CT molecular complexity index is 416. The summed E-state index contributed by atoms with van der Waals surface area (Å²) in [4.78, 5) is 11.1. The molecule has 0 saturated heterocycles. The molecule has 0 fully saturated rings. The average Bonchev–Trinajstić information content (AvgIpc) is 2.53. The van der Waals surface area contributed by atoms with Crippen LogP contribution in [0, 0.1) is 0 Å². The van der Waals surface area contributed by atoms with E-state index in [9.17, 15) is 4.79 Å². The fraction of sp³-hybridized carbons (Fsp3) is 0. The lowest BCUT2D eigenvalue weighted by Gasteiger charge is -1.95. The lowest BCUT2D eigenvalue weighted by Crippen LogP contribution is -2.14. The number of H-pyrrole nitrogens is 1. The average molecular weight is 162 g/mol. The fourth-order valence-corrected chi connectivity index (χ4v) is 0.913. The maximum absolute atomic E-state index is 11.1. The number of hydrogen-bond donors (Lipinski definition) is 1. The number of hydrogen-bond acceptors (Lipinski definition) is 3. The summed E-state index contributed by atoms with van der Waals surface area (Å²) in [6.07, 6.45) is 3.11. The van der Waals surface area contributed by atoms with Gasteiger partial charge in [0, 0.05) is 18.5 Å². The monoisotopic (exact) mass is 162 g/mol. The minimum Gasteiger partial charge on any atom is -0.297 e. The maximum atomic E-state index is 11.1. The molecular weight excluding hydrogens is 156 g/mol. The van der Waals surface area contributed by atoms with E-state index in [0.717, 1.165) is 0 Å². The standard InChI is InChI=1S/C7H6N4O/c12-7-3-5-9-11(7)6-2-1-4-8-10-6/h1-5,9H. The first kappa shape index (κ1) is 6.78. The molecule has 0 amide bonds. The molecule has 1 N–H and O–H groups in total. The van der Waals surface area contributed by atoms with Crippen LogP contribution in [0.25, 0.3) is 5.82 Å². The van der Waals surface area contributed by atoms with Crippen molar-refractivity contribution >= 4 is 0 Å². The van der Waals surface area contributed by atoms with Crippen molar-refractivity contribution in [2.24, 2.45) is 0 Å². The Hall–Kier alpha value is -1.91. The quantitative estimate of drug-likeness (QED) is 0.639. The zero-order chi connectivity index (χ0) is 8.39. The van der Waals surface area contributed by atoms with Crippen molar-refractivity contribution < 1.29 is 0 Å². The van der Waals surface area contributed by atoms with Gasteiger partial charge in [-0.05, 0) is 12.1 Å². The summed E-state index contributed by atoms with van der Waals surface area (Å²) in [6.45, 7) is 0. The van der Waals surface area contributed by atoms with Crippen molar-refractivity contribution in [2.75, 3.05) is 0 Å². The molecule has 0 bridgehead atoms. The second-order valence-electron chi connectivity index (χ2n) is 2.22. The highest BCUT2D eigenvalue weighted by Crippen LogP contribution is 1.93. The molecule has 2 aromatic heterocycles. The van der Waals surface area contributed by atoms with Crippen molar-refractivity contribution in [3.8, 4) is 5.82 Å². The minimum absolute atomic E-state index is 0.143. The topological polar surface area (TPSA) is 63.6 Å². The summed E-state index contributed by atoms with van der Waals surface area (Å²) in [5.74, 6) is 0.493. The molecule has 0 spiro atoms. The third kappa shape index (κ3) is 1.01. The van der Waals surface area contributed by atoms with Crippen molar-refractivity contribution in [1.29, 1.82) is 0 Å². The molecule has 0 saturated carbocycles. The van der Waals surface area contributed by atoms with Gasteiger partial charge in [0.25, 0.3) is 5.56 Å². The van der Waals surface area contributed by atoms with Gasteiger partial charge in [-0.2, -0.15) is 9.78 Å². The van der Waals surface area contributed by atoms with Gasteiger partial charge in [-0.1, -0.05) is 0 Å². The van der Waals surface area contributed by atoms with Crippen molar-refractivity contribution in [3.63, 3.8) is 0 Å². The highest BCUT2D eigenvalue weighted by atomic mass is 16.1. The molecule has 2 heterocycles. The summed E-state index contributed by atoms with van der Waals surface area (Å²) in [5, 5.41) is 10.1. The maximum Gasteiger partial charge on any atom is 0.272 e. The summed E-state index contributed by atoms with van der Waals surface area (Å²) in [7, 11) is 0. The van der Waals surface area contributed by atoms with Crippen LogP contribution in [0.5, 0.6) is 0 Å². The summed E-state index contributed by atoms with van der Waals surface area (Å²) in [6, 6.07) is 4.84. The molecule has 0 aliphatic heterocycles. The van der Waals surface area contributed by atoms with Crippen LogP contribution in [0.3, 0.4) is 0 Å². The minimum atomic E-state index is -0.143. The Morgan fingerprint density at radius 1 is 1.42 bits per heavy atom. The molecular formula is C7H6N4O. The number of aromatic nitrogens is 4. The van der Waals surface area contributed by atoms with Gasteiger partial charge in [-0.15, -0.1) is 5.10 Å². The van der Waals surface area contributed by atoms with Crippen LogP contribution in [0.2, 0.25) is 0 Å². The highest BCUT2D eigenvalue weighted by Gasteiger charge is 1.98. The number of aromatic amines is 1. The van der Waals surface area contributed by atoms with E-state index in [4.69, 9.17) is 0 Å². The summed E-state index contributed by atoms with van der Waals surface area (Å²) < 4.78 is 1.31. The molecule has 60 valence electrons. The van der Waals surface area contributed by atoms with Gasteiger partial charge in [-0.3, -0.25) is 9.89 Å². The Labute approximate surface area is 67.7 Å². The molecule has 2 rings (SSSR count). The van der Waals surface area contributed by atoms with Gasteiger partial charge in [0.05, 0.1) is 0 Å². The molecule has 0 radical (unpaired) electrons. The molecule has 0 unspecified atom stereocenters. The van der Waals surface area contributed by atoms with Gasteiger partial charge < -0.3 is 0 Å². The van der Waals surface area contributed by atoms with E-state index in [1.807, 2.05) is 0 Å². The van der Waals surface area contributed by atoms with E-state index in [1.54, 1.807) is 24.5 Å². The first-order valence-corrected chi connectivity index (χ1v) is 3.42. The zero-order valence-corrected chi connectivity index (χ0v) is 6.14. The van der Waals surface area contributed by atoms with E-state index >= 15 is 0 Å². The lowest BCUT2D eigenvalue weighted by atomic mass is 10.5. The zero-order valence-electron chi connectivity index (χ0n) is 6.14. The summed E-state index contributed by atoms with van der Waals surface area (Å²) >= 11 is 0. The Kier molecular flexibility index (Phi) is 1.48. The molecule has 0 atom stereocenters. The molecule has 5 nitrogen and oxygen atoms in total. The van der Waals surface area contributed by atoms with Gasteiger partial charge in [0.1, 0.15) is 0 Å². The van der Waals surface area contributed by atoms with Crippen LogP contribution in [0.1, 0.15) is 0 Å². The Balaban J connectivity index is 2.59. The Morgan fingerprint density at radius 3 is 2.92 bits per heavy atom. The van der Waals surface area contributed by atoms with Crippen molar-refractivity contribution in [2.45, 2.75) is 0 Å². The van der Waals surface area contributed by atoms with Crippen LogP contribution in [0.15, 0.2) is 35.4 Å². The van der Waals surface area contributed by atoms with Gasteiger partial charge in [-0.25, -0.2) is 0 Å². The van der Waals surface area contributed by atoms with Crippen LogP contribution < -0.4 is 5.56 Å². The van der Waals surface area contributed by atoms with Crippen molar-refractivity contribution in [1.82, 2.24) is 20.0 Å². The number of nitrogens with one attached hydrogen (secondary N) is 1. The van der Waals surface area contributed by atoms with E-state index in [2.05, 4.69) is 15.3 Å². The predicted octanol–water partition coefficient (Wildman–Crippen LogP) is -0.0444. The first-order chi connectivity index (χ1) is 5.88. The van der Waals surface area contributed by atoms with Crippen molar-refractivity contribution in [3.05, 3.63) is 40.9 Å². The smallest absolute Gasteiger partial charge is 0.272 e. The second kappa shape index (κ2) is 2.61. The van der Waals surface area contributed by atoms with Gasteiger partial charge in [0.2, 0.25) is 0 Å². The molecule has 0 aromatic carbocycles. The molecule has 0 aliphatic carbocycles. The van der Waals surface area contributed by atoms with E-state index in [1.165, 1.54) is 10.7 Å². The normalized spacial score (nSPS) is 10.0. The fourth-order valence-electron chi connectivity index (χ4n) is 0.913. The number of nitrogens with zero attached hydrogens (tertiary/aromatic N) is 3. The second-order valence-corrected chi connectivity index (χ2v) is 2.22. The predicted molar refractivity (Wildman–Crippen MR) is 42.0 cm³/mol. The van der Waals surface area contributed by atoms with Crippen LogP contribution >= 0.6 is 0 Å². The van der Waals surface area contributed by atoms with Gasteiger partial charge in [0.15, 0.2) is 5.82 Å². The first-order valence-electron chi connectivity index (χ1n) is 3.42. The lowest BCUT2D eigenvalue weighted by molar-refractivity contribution is 0.791. The van der Waals surface area contributed by atoms with E-state index in [0.29, 0.717) is 5.82 Å². The molecule has 2 aromatic rings. The van der Waals surface area contributed by atoms with Crippen LogP contribution in [0.4, 0.5) is 0 Å². The molecule has 12 heavy (non-hydrogen) atoms. The number of rotatable bonds is 1. The highest BCUT2D eigenvalue weighted by molar-refractivity contribution is 5.16. The summed E-state index contributed by atoms with van der Waals surface area (Å²) in [5.41, 5.74) is -0.143. The Morgan fingerprint density at radius 2 is 2.33 bits per heavy atom. The largest absolute Gasteiger partial charge is 0.297 e. The van der Waals surface area contributed by atoms with Crippen LogP contribution in [-0.2, 0) is 0 Å². The third-order valence-corrected chi connectivity index (χ3v) is 1.44. The molecule has 5 heteroatoms. The SMILES string of the molecule is O=c1cc[nH]n1-c1cccnn1. The van der Waals surface area contributed by atoms with Gasteiger partial charge >= 0.3 is 0 Å². The van der Waals surface area contributed by atoms with E-state index < -0.39 is 0 Å². The third-order valence-electron chi connectivity index (χ3n) is 1.44. The molecule has 0 aliphatic rings.